The van der Waals surface area contributed by atoms with Crippen molar-refractivity contribution in [3.63, 3.8) is 0 Å². The van der Waals surface area contributed by atoms with E-state index in [4.69, 9.17) is 9.47 Å². The third-order valence-electron chi connectivity index (χ3n) is 4.90. The highest BCUT2D eigenvalue weighted by Crippen LogP contribution is 2.21. The maximum atomic E-state index is 5.99. The molecule has 0 saturated carbocycles. The Morgan fingerprint density at radius 1 is 1.13 bits per heavy atom. The second kappa shape index (κ2) is 12.6. The summed E-state index contributed by atoms with van der Waals surface area (Å²) in [7, 11) is 1.79. The molecule has 2 N–H and O–H groups in total. The predicted octanol–water partition coefficient (Wildman–Crippen LogP) is 3.58. The van der Waals surface area contributed by atoms with E-state index < -0.39 is 0 Å². The maximum absolute atomic E-state index is 5.99. The number of nitrogens with one attached hydrogen (secondary N) is 2. The second-order valence-corrected chi connectivity index (χ2v) is 7.28. The minimum Gasteiger partial charge on any atom is -0.489 e. The highest BCUT2D eigenvalue weighted by atomic mass is 127. The van der Waals surface area contributed by atoms with E-state index >= 15 is 0 Å². The van der Waals surface area contributed by atoms with E-state index in [1.165, 1.54) is 16.8 Å². The molecule has 7 heteroatoms. The molecule has 1 aliphatic rings. The zero-order valence-corrected chi connectivity index (χ0v) is 20.4. The lowest BCUT2D eigenvalue weighted by Gasteiger charge is -2.30. The van der Waals surface area contributed by atoms with Gasteiger partial charge in [0.1, 0.15) is 11.9 Å². The normalized spacial score (nSPS) is 15.2. The first-order valence-corrected chi connectivity index (χ1v) is 10.2. The van der Waals surface area contributed by atoms with Crippen LogP contribution in [0.4, 0.5) is 5.69 Å². The molecule has 0 spiro atoms. The van der Waals surface area contributed by atoms with Crippen LogP contribution in [0, 0.1) is 6.92 Å². The Morgan fingerprint density at radius 3 is 2.63 bits per heavy atom. The van der Waals surface area contributed by atoms with Crippen molar-refractivity contribution in [2.75, 3.05) is 44.8 Å². The molecule has 1 saturated heterocycles. The highest BCUT2D eigenvalue weighted by molar-refractivity contribution is 14.0. The van der Waals surface area contributed by atoms with Crippen molar-refractivity contribution in [1.29, 1.82) is 0 Å². The summed E-state index contributed by atoms with van der Waals surface area (Å²) in [6.07, 6.45) is 0.0241. The van der Waals surface area contributed by atoms with E-state index in [1.54, 1.807) is 7.05 Å². The highest BCUT2D eigenvalue weighted by Gasteiger charge is 2.14. The summed E-state index contributed by atoms with van der Waals surface area (Å²) in [5.41, 5.74) is 3.70. The van der Waals surface area contributed by atoms with Gasteiger partial charge in [0, 0.05) is 32.4 Å². The molecule has 3 rings (SSSR count). The lowest BCUT2D eigenvalue weighted by molar-refractivity contribution is 0.122. The average molecular weight is 524 g/mol. The molecule has 1 fully saturated rings. The number of para-hydroxylation sites is 1. The smallest absolute Gasteiger partial charge is 0.191 e. The molecule has 1 aliphatic heterocycles. The number of hydrogen-bond acceptors (Lipinski definition) is 4. The molecule has 0 aliphatic carbocycles. The van der Waals surface area contributed by atoms with E-state index in [2.05, 4.69) is 64.7 Å². The fourth-order valence-corrected chi connectivity index (χ4v) is 3.38. The summed E-state index contributed by atoms with van der Waals surface area (Å²) in [5, 5.41) is 6.77. The number of benzene rings is 2. The Morgan fingerprint density at radius 2 is 1.90 bits per heavy atom. The first kappa shape index (κ1) is 24.3. The van der Waals surface area contributed by atoms with Crippen LogP contribution in [-0.2, 0) is 11.3 Å². The predicted molar refractivity (Wildman–Crippen MR) is 134 cm³/mol. The molecule has 1 unspecified atom stereocenters. The van der Waals surface area contributed by atoms with E-state index in [1.807, 2.05) is 18.2 Å². The van der Waals surface area contributed by atoms with Gasteiger partial charge in [0.05, 0.1) is 19.8 Å². The summed E-state index contributed by atoms with van der Waals surface area (Å²) in [4.78, 5) is 6.73. The van der Waals surface area contributed by atoms with Crippen LogP contribution in [-0.4, -0.2) is 52.0 Å². The van der Waals surface area contributed by atoms with Crippen LogP contribution in [0.1, 0.15) is 18.1 Å². The van der Waals surface area contributed by atoms with E-state index in [-0.39, 0.29) is 30.1 Å². The third kappa shape index (κ3) is 7.36. The van der Waals surface area contributed by atoms with Crippen molar-refractivity contribution >= 4 is 35.6 Å². The zero-order valence-electron chi connectivity index (χ0n) is 18.1. The van der Waals surface area contributed by atoms with Gasteiger partial charge in [0.15, 0.2) is 5.96 Å². The van der Waals surface area contributed by atoms with Gasteiger partial charge in [-0.05, 0) is 43.2 Å². The number of aryl methyl sites for hydroxylation is 1. The summed E-state index contributed by atoms with van der Waals surface area (Å²) < 4.78 is 11.5. The minimum absolute atomic E-state index is 0. The Balaban J connectivity index is 0.00000320. The largest absolute Gasteiger partial charge is 0.489 e. The topological polar surface area (TPSA) is 58.1 Å². The van der Waals surface area contributed by atoms with Crippen LogP contribution in [0.2, 0.25) is 0 Å². The van der Waals surface area contributed by atoms with Crippen molar-refractivity contribution in [3.8, 4) is 5.75 Å². The lowest BCUT2D eigenvalue weighted by atomic mass is 10.1. The van der Waals surface area contributed by atoms with Crippen LogP contribution in [0.25, 0.3) is 0 Å². The van der Waals surface area contributed by atoms with Gasteiger partial charge in [-0.15, -0.1) is 24.0 Å². The van der Waals surface area contributed by atoms with Crippen molar-refractivity contribution < 1.29 is 9.47 Å². The van der Waals surface area contributed by atoms with E-state index in [0.29, 0.717) is 13.1 Å². The van der Waals surface area contributed by atoms with Gasteiger partial charge in [-0.25, -0.2) is 0 Å². The molecule has 0 bridgehead atoms. The van der Waals surface area contributed by atoms with Crippen molar-refractivity contribution in [2.24, 2.45) is 4.99 Å². The minimum atomic E-state index is 0. The average Bonchev–Trinajstić information content (AvgIpc) is 2.75. The van der Waals surface area contributed by atoms with Crippen molar-refractivity contribution in [1.82, 2.24) is 10.6 Å². The first-order chi connectivity index (χ1) is 14.2. The number of aliphatic imine (C=N–C) groups is 1. The molecule has 6 nitrogen and oxygen atoms in total. The Bertz CT molecular complexity index is 809. The molecule has 2 aromatic rings. The van der Waals surface area contributed by atoms with Gasteiger partial charge in [0.25, 0.3) is 0 Å². The van der Waals surface area contributed by atoms with Crippen LogP contribution in [0.3, 0.4) is 0 Å². The number of ether oxygens (including phenoxy) is 2. The monoisotopic (exact) mass is 524 g/mol. The third-order valence-corrected chi connectivity index (χ3v) is 4.90. The van der Waals surface area contributed by atoms with E-state index in [9.17, 15) is 0 Å². The van der Waals surface area contributed by atoms with Crippen molar-refractivity contribution in [3.05, 3.63) is 59.7 Å². The van der Waals surface area contributed by atoms with Crippen molar-refractivity contribution in [2.45, 2.75) is 26.5 Å². The fourth-order valence-electron chi connectivity index (χ4n) is 3.38. The molecule has 0 radical (unpaired) electrons. The quantitative estimate of drug-likeness (QED) is 0.330. The zero-order chi connectivity index (χ0) is 20.5. The Kier molecular flexibility index (Phi) is 10.2. The molecule has 2 aromatic carbocycles. The number of guanidine groups is 1. The van der Waals surface area contributed by atoms with E-state index in [0.717, 1.165) is 38.0 Å². The number of morpholine rings is 1. The molecule has 1 atom stereocenters. The fraction of sp³-hybridized carbons (Fsp3) is 0.435. The number of anilines is 1. The van der Waals surface area contributed by atoms with Gasteiger partial charge >= 0.3 is 0 Å². The van der Waals surface area contributed by atoms with Gasteiger partial charge in [0.2, 0.25) is 0 Å². The SMILES string of the molecule is CN=C(NCc1ccccc1N1CCOCC1)NCC(C)Oc1cccc(C)c1.I. The number of hydrogen-bond donors (Lipinski definition) is 2. The number of rotatable bonds is 7. The van der Waals surface area contributed by atoms with Gasteiger partial charge < -0.3 is 25.0 Å². The first-order valence-electron chi connectivity index (χ1n) is 10.2. The molecule has 0 aromatic heterocycles. The Hall–Kier alpha value is -2.00. The number of nitrogens with zero attached hydrogens (tertiary/aromatic N) is 2. The van der Waals surface area contributed by atoms with Crippen LogP contribution in [0.5, 0.6) is 5.75 Å². The molecule has 0 amide bonds. The number of halogens is 1. The molecule has 30 heavy (non-hydrogen) atoms. The van der Waals surface area contributed by atoms with Crippen LogP contribution >= 0.6 is 24.0 Å². The molecule has 1 heterocycles. The summed E-state index contributed by atoms with van der Waals surface area (Å²) in [5.74, 6) is 1.66. The standard InChI is InChI=1S/C23H32N4O2.HI/c1-18-7-6-9-21(15-18)29-19(2)16-25-23(24-3)26-17-20-8-4-5-10-22(20)27-11-13-28-14-12-27;/h4-10,15,19H,11-14,16-17H2,1-3H3,(H2,24,25,26);1H. The summed E-state index contributed by atoms with van der Waals surface area (Å²) in [6.45, 7) is 8.91. The van der Waals surface area contributed by atoms with Crippen LogP contribution in [0.15, 0.2) is 53.5 Å². The van der Waals surface area contributed by atoms with Gasteiger partial charge in [-0.2, -0.15) is 0 Å². The van der Waals surface area contributed by atoms with Crippen LogP contribution < -0.4 is 20.3 Å². The maximum Gasteiger partial charge on any atom is 0.191 e. The molecular weight excluding hydrogens is 491 g/mol. The summed E-state index contributed by atoms with van der Waals surface area (Å²) in [6, 6.07) is 16.6. The molecule has 164 valence electrons. The Labute approximate surface area is 197 Å². The summed E-state index contributed by atoms with van der Waals surface area (Å²) >= 11 is 0. The van der Waals surface area contributed by atoms with Gasteiger partial charge in [-0.1, -0.05) is 30.3 Å². The second-order valence-electron chi connectivity index (χ2n) is 7.28. The van der Waals surface area contributed by atoms with Gasteiger partial charge in [-0.3, -0.25) is 4.99 Å². The lowest BCUT2D eigenvalue weighted by Crippen LogP contribution is -2.42. The molecular formula is C23H33IN4O2.